The van der Waals surface area contributed by atoms with Crippen molar-refractivity contribution in [3.63, 3.8) is 0 Å². The van der Waals surface area contributed by atoms with Gasteiger partial charge in [0.15, 0.2) is 5.82 Å². The molecule has 0 atom stereocenters. The molecule has 1 aliphatic heterocycles. The van der Waals surface area contributed by atoms with Gasteiger partial charge in [-0.2, -0.15) is 0 Å². The zero-order chi connectivity index (χ0) is 18.4. The molecule has 2 aromatic heterocycles. The lowest BCUT2D eigenvalue weighted by molar-refractivity contribution is 0.476. The Bertz CT molecular complexity index is 1160. The number of aromatic nitrogens is 3. The van der Waals surface area contributed by atoms with E-state index in [1.54, 1.807) is 42.7 Å². The van der Waals surface area contributed by atoms with Crippen LogP contribution in [-0.2, 0) is 6.42 Å². The minimum atomic E-state index is -0.239. The molecule has 1 N–H and O–H groups in total. The first-order chi connectivity index (χ1) is 13.2. The molecule has 0 spiro atoms. The summed E-state index contributed by atoms with van der Waals surface area (Å²) >= 11 is 0. The maximum absolute atomic E-state index is 13.6. The van der Waals surface area contributed by atoms with Gasteiger partial charge in [0, 0.05) is 35.6 Å². The molecule has 6 heteroatoms. The maximum Gasteiger partial charge on any atom is 0.163 e. The predicted molar refractivity (Wildman–Crippen MR) is 102 cm³/mol. The van der Waals surface area contributed by atoms with E-state index in [0.717, 1.165) is 34.1 Å². The third-order valence-electron chi connectivity index (χ3n) is 4.77. The highest BCUT2D eigenvalue weighted by atomic mass is 19.1. The number of fused-ring (bicyclic) bond motifs is 2. The molecule has 0 unspecified atom stereocenters. The SMILES string of the molecule is Oc1ccc2nc(-c3cccnc3)nc(N3CCc4cc(F)ccc43)c2c1. The Balaban J connectivity index is 1.75. The number of hydrogen-bond acceptors (Lipinski definition) is 5. The van der Waals surface area contributed by atoms with Crippen LogP contribution in [0.5, 0.6) is 5.75 Å². The quantitative estimate of drug-likeness (QED) is 0.581. The minimum absolute atomic E-state index is 0.153. The van der Waals surface area contributed by atoms with Crippen LogP contribution in [0.3, 0.4) is 0 Å². The maximum atomic E-state index is 13.6. The van der Waals surface area contributed by atoms with E-state index in [9.17, 15) is 9.50 Å². The Morgan fingerprint density at radius 2 is 1.96 bits per heavy atom. The smallest absolute Gasteiger partial charge is 0.163 e. The number of phenolic OH excluding ortho intramolecular Hbond substituents is 1. The van der Waals surface area contributed by atoms with E-state index in [0.29, 0.717) is 18.2 Å². The Kier molecular flexibility index (Phi) is 3.50. The van der Waals surface area contributed by atoms with Gasteiger partial charge in [0.25, 0.3) is 0 Å². The molecule has 27 heavy (non-hydrogen) atoms. The van der Waals surface area contributed by atoms with Crippen molar-refractivity contribution < 1.29 is 9.50 Å². The van der Waals surface area contributed by atoms with Crippen molar-refractivity contribution >= 4 is 22.4 Å². The molecule has 4 aromatic rings. The minimum Gasteiger partial charge on any atom is -0.508 e. The van der Waals surface area contributed by atoms with Crippen LogP contribution in [0.25, 0.3) is 22.3 Å². The summed E-state index contributed by atoms with van der Waals surface area (Å²) in [5.74, 6) is 1.17. The van der Waals surface area contributed by atoms with Crippen molar-refractivity contribution in [3.05, 3.63) is 72.3 Å². The normalized spacial score (nSPS) is 13.1. The van der Waals surface area contributed by atoms with Gasteiger partial charge in [-0.3, -0.25) is 4.98 Å². The lowest BCUT2D eigenvalue weighted by Gasteiger charge is -2.21. The zero-order valence-corrected chi connectivity index (χ0v) is 14.3. The highest BCUT2D eigenvalue weighted by molar-refractivity contribution is 5.94. The van der Waals surface area contributed by atoms with Gasteiger partial charge >= 0.3 is 0 Å². The summed E-state index contributed by atoms with van der Waals surface area (Å²) in [7, 11) is 0. The van der Waals surface area contributed by atoms with Gasteiger partial charge in [0.2, 0.25) is 0 Å². The van der Waals surface area contributed by atoms with E-state index < -0.39 is 0 Å². The molecular formula is C21H15FN4O. The van der Waals surface area contributed by atoms with Crippen molar-refractivity contribution in [1.82, 2.24) is 15.0 Å². The van der Waals surface area contributed by atoms with E-state index in [1.165, 1.54) is 6.07 Å². The van der Waals surface area contributed by atoms with E-state index in [4.69, 9.17) is 4.98 Å². The summed E-state index contributed by atoms with van der Waals surface area (Å²) in [6.07, 6.45) is 4.16. The van der Waals surface area contributed by atoms with Crippen LogP contribution >= 0.6 is 0 Å². The number of nitrogens with zero attached hydrogens (tertiary/aromatic N) is 4. The number of anilines is 2. The second kappa shape index (κ2) is 6.02. The molecule has 0 amide bonds. The zero-order valence-electron chi connectivity index (χ0n) is 14.3. The van der Waals surface area contributed by atoms with Crippen LogP contribution in [-0.4, -0.2) is 26.6 Å². The van der Waals surface area contributed by atoms with Crippen molar-refractivity contribution in [2.45, 2.75) is 6.42 Å². The molecule has 0 saturated carbocycles. The number of benzene rings is 2. The van der Waals surface area contributed by atoms with Crippen molar-refractivity contribution in [3.8, 4) is 17.1 Å². The number of pyridine rings is 1. The Hall–Kier alpha value is -3.54. The van der Waals surface area contributed by atoms with Gasteiger partial charge in [-0.15, -0.1) is 0 Å². The molecule has 0 radical (unpaired) electrons. The van der Waals surface area contributed by atoms with Gasteiger partial charge in [0.1, 0.15) is 17.4 Å². The molecular weight excluding hydrogens is 343 g/mol. The highest BCUT2D eigenvalue weighted by Crippen LogP contribution is 2.38. The summed E-state index contributed by atoms with van der Waals surface area (Å²) in [6, 6.07) is 13.6. The fourth-order valence-corrected chi connectivity index (χ4v) is 3.52. The monoisotopic (exact) mass is 358 g/mol. The molecule has 3 heterocycles. The van der Waals surface area contributed by atoms with E-state index >= 15 is 0 Å². The van der Waals surface area contributed by atoms with E-state index in [-0.39, 0.29) is 11.6 Å². The lowest BCUT2D eigenvalue weighted by atomic mass is 10.1. The fourth-order valence-electron chi connectivity index (χ4n) is 3.52. The van der Waals surface area contributed by atoms with Crippen LogP contribution in [0.15, 0.2) is 60.9 Å². The number of aromatic hydroxyl groups is 1. The third kappa shape index (κ3) is 2.66. The fraction of sp³-hybridized carbons (Fsp3) is 0.0952. The van der Waals surface area contributed by atoms with Crippen LogP contribution in [0.1, 0.15) is 5.56 Å². The topological polar surface area (TPSA) is 62.1 Å². The summed E-state index contributed by atoms with van der Waals surface area (Å²) in [4.78, 5) is 15.6. The van der Waals surface area contributed by atoms with Crippen molar-refractivity contribution in [2.75, 3.05) is 11.4 Å². The second-order valence-electron chi connectivity index (χ2n) is 6.49. The Labute approximate surface area is 154 Å². The van der Waals surface area contributed by atoms with Crippen molar-refractivity contribution in [1.29, 1.82) is 0 Å². The van der Waals surface area contributed by atoms with Gasteiger partial charge < -0.3 is 10.0 Å². The standard InChI is InChI=1S/C21H15FN4O/c22-15-3-6-19-13(10-15)7-9-26(19)21-17-11-16(27)4-5-18(17)24-20(25-21)14-2-1-8-23-12-14/h1-6,8,10-12,27H,7,9H2. The second-order valence-corrected chi connectivity index (χ2v) is 6.49. The van der Waals surface area contributed by atoms with Crippen LogP contribution in [0.2, 0.25) is 0 Å². The summed E-state index contributed by atoms with van der Waals surface area (Å²) < 4.78 is 13.6. The summed E-state index contributed by atoms with van der Waals surface area (Å²) in [5.41, 5.74) is 3.42. The van der Waals surface area contributed by atoms with E-state index in [1.807, 2.05) is 12.1 Å². The lowest BCUT2D eigenvalue weighted by Crippen LogP contribution is -2.16. The Morgan fingerprint density at radius 3 is 2.81 bits per heavy atom. The van der Waals surface area contributed by atoms with E-state index in [2.05, 4.69) is 14.9 Å². The summed E-state index contributed by atoms with van der Waals surface area (Å²) in [5, 5.41) is 10.7. The molecule has 1 aliphatic rings. The number of halogens is 1. The van der Waals surface area contributed by atoms with Gasteiger partial charge in [-0.1, -0.05) is 0 Å². The first-order valence-corrected chi connectivity index (χ1v) is 8.66. The Morgan fingerprint density at radius 1 is 1.04 bits per heavy atom. The average molecular weight is 358 g/mol. The molecule has 0 fully saturated rings. The van der Waals surface area contributed by atoms with Crippen molar-refractivity contribution in [2.24, 2.45) is 0 Å². The average Bonchev–Trinajstić information content (AvgIpc) is 3.10. The first kappa shape index (κ1) is 15.7. The largest absolute Gasteiger partial charge is 0.508 e. The van der Waals surface area contributed by atoms with Gasteiger partial charge in [-0.05, 0) is 60.5 Å². The number of phenols is 1. The first-order valence-electron chi connectivity index (χ1n) is 8.66. The molecule has 0 aliphatic carbocycles. The molecule has 2 aromatic carbocycles. The molecule has 132 valence electrons. The van der Waals surface area contributed by atoms with Gasteiger partial charge in [-0.25, -0.2) is 14.4 Å². The highest BCUT2D eigenvalue weighted by Gasteiger charge is 2.24. The van der Waals surface area contributed by atoms with Crippen LogP contribution < -0.4 is 4.90 Å². The predicted octanol–water partition coefficient (Wildman–Crippen LogP) is 4.23. The van der Waals surface area contributed by atoms with Crippen LogP contribution in [0.4, 0.5) is 15.9 Å². The molecule has 0 saturated heterocycles. The molecule has 5 nitrogen and oxygen atoms in total. The van der Waals surface area contributed by atoms with Gasteiger partial charge in [0.05, 0.1) is 5.52 Å². The number of hydrogen-bond donors (Lipinski definition) is 1. The molecule has 5 rings (SSSR count). The summed E-state index contributed by atoms with van der Waals surface area (Å²) in [6.45, 7) is 0.688. The van der Waals surface area contributed by atoms with Crippen LogP contribution in [0, 0.1) is 5.82 Å². The molecule has 0 bridgehead atoms. The number of rotatable bonds is 2. The third-order valence-corrected chi connectivity index (χ3v) is 4.77.